The van der Waals surface area contributed by atoms with Gasteiger partial charge in [0.2, 0.25) is 0 Å². The molecule has 1 heterocycles. The fourth-order valence-electron chi connectivity index (χ4n) is 1.11. The third-order valence-electron chi connectivity index (χ3n) is 2.29. The molecule has 0 amide bonds. The van der Waals surface area contributed by atoms with Crippen LogP contribution in [0.2, 0.25) is 0 Å². The van der Waals surface area contributed by atoms with Crippen LogP contribution in [-0.2, 0) is 0 Å². The van der Waals surface area contributed by atoms with Gasteiger partial charge in [0.1, 0.15) is 5.82 Å². The number of nitrogens with zero attached hydrogens (tertiary/aromatic N) is 1. The van der Waals surface area contributed by atoms with E-state index in [1.165, 1.54) is 0 Å². The SMILES string of the molecule is CSC(C)(C)CNc1ncc(C)cc1N. The van der Waals surface area contributed by atoms with E-state index in [1.807, 2.05) is 30.9 Å². The van der Waals surface area contributed by atoms with Crippen molar-refractivity contribution in [3.05, 3.63) is 17.8 Å². The molecule has 3 nitrogen and oxygen atoms in total. The van der Waals surface area contributed by atoms with Gasteiger partial charge < -0.3 is 11.1 Å². The number of aryl methyl sites for hydroxylation is 1. The Balaban J connectivity index is 2.66. The first-order valence-corrected chi connectivity index (χ1v) is 6.18. The second kappa shape index (κ2) is 4.75. The van der Waals surface area contributed by atoms with Gasteiger partial charge in [-0.25, -0.2) is 4.98 Å². The van der Waals surface area contributed by atoms with Gasteiger partial charge in [0.25, 0.3) is 0 Å². The summed E-state index contributed by atoms with van der Waals surface area (Å²) >= 11 is 1.82. The molecule has 0 fully saturated rings. The largest absolute Gasteiger partial charge is 0.396 e. The molecule has 3 N–H and O–H groups in total. The van der Waals surface area contributed by atoms with Crippen LogP contribution in [0, 0.1) is 6.92 Å². The van der Waals surface area contributed by atoms with E-state index in [2.05, 4.69) is 30.4 Å². The van der Waals surface area contributed by atoms with Crippen molar-refractivity contribution >= 4 is 23.3 Å². The van der Waals surface area contributed by atoms with Gasteiger partial charge in [0.15, 0.2) is 0 Å². The summed E-state index contributed by atoms with van der Waals surface area (Å²) in [6.07, 6.45) is 3.93. The number of nitrogen functional groups attached to an aromatic ring is 1. The summed E-state index contributed by atoms with van der Waals surface area (Å²) in [5, 5.41) is 3.27. The fraction of sp³-hybridized carbons (Fsp3) is 0.545. The molecule has 1 aromatic heterocycles. The molecule has 0 bridgehead atoms. The first-order valence-electron chi connectivity index (χ1n) is 4.96. The Labute approximate surface area is 95.9 Å². The normalized spacial score (nSPS) is 11.5. The Morgan fingerprint density at radius 1 is 1.53 bits per heavy atom. The number of pyridine rings is 1. The summed E-state index contributed by atoms with van der Waals surface area (Å²) in [4.78, 5) is 4.27. The second-order valence-corrected chi connectivity index (χ2v) is 5.78. The van der Waals surface area contributed by atoms with Gasteiger partial charge in [0, 0.05) is 17.5 Å². The molecule has 0 aliphatic rings. The van der Waals surface area contributed by atoms with E-state index >= 15 is 0 Å². The molecule has 0 radical (unpaired) electrons. The quantitative estimate of drug-likeness (QED) is 0.826. The van der Waals surface area contributed by atoms with E-state index in [-0.39, 0.29) is 4.75 Å². The molecule has 84 valence electrons. The summed E-state index contributed by atoms with van der Waals surface area (Å²) in [6.45, 7) is 7.22. The van der Waals surface area contributed by atoms with Crippen molar-refractivity contribution < 1.29 is 0 Å². The number of thioether (sulfide) groups is 1. The van der Waals surface area contributed by atoms with Gasteiger partial charge in [-0.05, 0) is 38.7 Å². The average Bonchev–Trinajstić information content (AvgIpc) is 2.16. The van der Waals surface area contributed by atoms with Gasteiger partial charge in [0.05, 0.1) is 5.69 Å². The summed E-state index contributed by atoms with van der Waals surface area (Å²) in [5.41, 5.74) is 7.66. The Morgan fingerprint density at radius 2 is 2.20 bits per heavy atom. The molecule has 0 aliphatic carbocycles. The lowest BCUT2D eigenvalue weighted by molar-refractivity contribution is 0.750. The predicted molar refractivity (Wildman–Crippen MR) is 69.5 cm³/mol. The maximum atomic E-state index is 5.86. The molecular weight excluding hydrogens is 206 g/mol. The lowest BCUT2D eigenvalue weighted by Crippen LogP contribution is -2.26. The summed E-state index contributed by atoms with van der Waals surface area (Å²) in [5.74, 6) is 0.780. The maximum absolute atomic E-state index is 5.86. The van der Waals surface area contributed by atoms with Crippen molar-refractivity contribution in [1.82, 2.24) is 4.98 Å². The van der Waals surface area contributed by atoms with E-state index in [0.717, 1.165) is 17.9 Å². The summed E-state index contributed by atoms with van der Waals surface area (Å²) < 4.78 is 0.193. The van der Waals surface area contributed by atoms with Crippen molar-refractivity contribution in [2.24, 2.45) is 0 Å². The molecule has 1 aromatic rings. The number of nitrogens with one attached hydrogen (secondary N) is 1. The average molecular weight is 225 g/mol. The molecule has 0 saturated heterocycles. The Bertz CT molecular complexity index is 337. The number of hydrogen-bond acceptors (Lipinski definition) is 4. The number of anilines is 2. The third kappa shape index (κ3) is 3.63. The number of rotatable bonds is 4. The number of aromatic nitrogens is 1. The van der Waals surface area contributed by atoms with Crippen LogP contribution in [0.25, 0.3) is 0 Å². The van der Waals surface area contributed by atoms with Crippen molar-refractivity contribution in [1.29, 1.82) is 0 Å². The standard InChI is InChI=1S/C11H19N3S/c1-8-5-9(12)10(13-6-8)14-7-11(2,3)15-4/h5-6H,7,12H2,1-4H3,(H,13,14). The van der Waals surface area contributed by atoms with Crippen molar-refractivity contribution in [3.63, 3.8) is 0 Å². The van der Waals surface area contributed by atoms with Gasteiger partial charge in [-0.1, -0.05) is 0 Å². The van der Waals surface area contributed by atoms with Gasteiger partial charge in [-0.3, -0.25) is 0 Å². The predicted octanol–water partition coefficient (Wildman–Crippen LogP) is 2.53. The van der Waals surface area contributed by atoms with Crippen LogP contribution in [0.15, 0.2) is 12.3 Å². The minimum Gasteiger partial charge on any atom is -0.396 e. The van der Waals surface area contributed by atoms with Gasteiger partial charge in [-0.2, -0.15) is 11.8 Å². The minimum absolute atomic E-state index is 0.193. The van der Waals surface area contributed by atoms with Gasteiger partial charge >= 0.3 is 0 Å². The number of hydrogen-bond donors (Lipinski definition) is 2. The molecule has 15 heavy (non-hydrogen) atoms. The summed E-state index contributed by atoms with van der Waals surface area (Å²) in [6, 6.07) is 1.93. The van der Waals surface area contributed by atoms with Gasteiger partial charge in [-0.15, -0.1) is 0 Å². The van der Waals surface area contributed by atoms with Crippen LogP contribution < -0.4 is 11.1 Å². The fourth-order valence-corrected chi connectivity index (χ4v) is 1.32. The Kier molecular flexibility index (Phi) is 3.85. The first-order chi connectivity index (χ1) is 6.94. The zero-order chi connectivity index (χ0) is 11.5. The number of nitrogens with two attached hydrogens (primary N) is 1. The molecule has 0 aromatic carbocycles. The molecule has 0 unspecified atom stereocenters. The van der Waals surface area contributed by atoms with E-state index in [0.29, 0.717) is 5.69 Å². The van der Waals surface area contributed by atoms with Crippen LogP contribution >= 0.6 is 11.8 Å². The zero-order valence-corrected chi connectivity index (χ0v) is 10.6. The van der Waals surface area contributed by atoms with Crippen LogP contribution in [-0.4, -0.2) is 22.5 Å². The first kappa shape index (κ1) is 12.2. The van der Waals surface area contributed by atoms with Crippen LogP contribution in [0.5, 0.6) is 0 Å². The lowest BCUT2D eigenvalue weighted by Gasteiger charge is -2.23. The van der Waals surface area contributed by atoms with E-state index in [4.69, 9.17) is 5.73 Å². The van der Waals surface area contributed by atoms with Crippen molar-refractivity contribution in [3.8, 4) is 0 Å². The molecular formula is C11H19N3S. The second-order valence-electron chi connectivity index (χ2n) is 4.27. The van der Waals surface area contributed by atoms with Crippen LogP contribution in [0.4, 0.5) is 11.5 Å². The van der Waals surface area contributed by atoms with E-state index < -0.39 is 0 Å². The minimum atomic E-state index is 0.193. The highest BCUT2D eigenvalue weighted by Gasteiger charge is 2.16. The van der Waals surface area contributed by atoms with E-state index in [9.17, 15) is 0 Å². The smallest absolute Gasteiger partial charge is 0.149 e. The molecule has 0 atom stereocenters. The monoisotopic (exact) mass is 225 g/mol. The molecule has 0 spiro atoms. The lowest BCUT2D eigenvalue weighted by atomic mass is 10.2. The topological polar surface area (TPSA) is 50.9 Å². The highest BCUT2D eigenvalue weighted by Crippen LogP contribution is 2.23. The van der Waals surface area contributed by atoms with Crippen molar-refractivity contribution in [2.75, 3.05) is 23.9 Å². The molecule has 4 heteroatoms. The van der Waals surface area contributed by atoms with Crippen molar-refractivity contribution in [2.45, 2.75) is 25.5 Å². The third-order valence-corrected chi connectivity index (χ3v) is 3.54. The maximum Gasteiger partial charge on any atom is 0.149 e. The highest BCUT2D eigenvalue weighted by molar-refractivity contribution is 7.99. The molecule has 0 aliphatic heterocycles. The zero-order valence-electron chi connectivity index (χ0n) is 9.79. The van der Waals surface area contributed by atoms with E-state index in [1.54, 1.807) is 0 Å². The summed E-state index contributed by atoms with van der Waals surface area (Å²) in [7, 11) is 0. The van der Waals surface area contributed by atoms with Crippen LogP contribution in [0.3, 0.4) is 0 Å². The Hall–Kier alpha value is -0.900. The van der Waals surface area contributed by atoms with Crippen LogP contribution in [0.1, 0.15) is 19.4 Å². The molecule has 1 rings (SSSR count). The molecule has 0 saturated carbocycles. The highest BCUT2D eigenvalue weighted by atomic mass is 32.2. The Morgan fingerprint density at radius 3 is 2.73 bits per heavy atom.